The number of rotatable bonds is 9. The molecule has 13 heteroatoms. The lowest BCUT2D eigenvalue weighted by Crippen LogP contribution is -2.52. The molecule has 2 N–H and O–H groups in total. The second-order valence-electron chi connectivity index (χ2n) is 12.7. The van der Waals surface area contributed by atoms with Gasteiger partial charge in [-0.3, -0.25) is 14.7 Å². The summed E-state index contributed by atoms with van der Waals surface area (Å²) in [4.78, 5) is 51.7. The molecule has 10 nitrogen and oxygen atoms in total. The van der Waals surface area contributed by atoms with Crippen LogP contribution in [0.4, 0.5) is 14.5 Å². The van der Waals surface area contributed by atoms with Crippen LogP contribution in [0.15, 0.2) is 64.2 Å². The van der Waals surface area contributed by atoms with E-state index in [9.17, 15) is 23.9 Å². The zero-order valence-corrected chi connectivity index (χ0v) is 27.4. The minimum atomic E-state index is -2.07. The number of aromatic carboxylic acids is 1. The highest BCUT2D eigenvalue weighted by Crippen LogP contribution is 2.48. The Morgan fingerprint density at radius 1 is 1.19 bits per heavy atom. The van der Waals surface area contributed by atoms with Crippen molar-refractivity contribution in [3.8, 4) is 0 Å². The van der Waals surface area contributed by atoms with Crippen molar-refractivity contribution in [2.24, 2.45) is 10.9 Å². The Hall–Kier alpha value is -4.49. The fourth-order valence-corrected chi connectivity index (χ4v) is 7.67. The van der Waals surface area contributed by atoms with E-state index >= 15 is 4.39 Å². The van der Waals surface area contributed by atoms with Gasteiger partial charge in [-0.1, -0.05) is 12.1 Å². The number of carboxylic acids is 1. The number of benzene rings is 2. The van der Waals surface area contributed by atoms with Gasteiger partial charge >= 0.3 is 11.9 Å². The number of fused-ring (bicyclic) bond motifs is 1. The minimum Gasteiger partial charge on any atom is -0.478 e. The number of hydrogen-bond acceptors (Lipinski definition) is 9. The summed E-state index contributed by atoms with van der Waals surface area (Å²) in [5.74, 6) is -2.74. The van der Waals surface area contributed by atoms with Gasteiger partial charge in [0.15, 0.2) is 16.5 Å². The fourth-order valence-electron chi connectivity index (χ4n) is 7.08. The van der Waals surface area contributed by atoms with Crippen LogP contribution in [0.25, 0.3) is 0 Å². The van der Waals surface area contributed by atoms with Gasteiger partial charge in [-0.25, -0.2) is 23.4 Å². The van der Waals surface area contributed by atoms with Gasteiger partial charge in [0.1, 0.15) is 11.9 Å². The Labute approximate surface area is 280 Å². The van der Waals surface area contributed by atoms with Gasteiger partial charge in [0.05, 0.1) is 17.7 Å². The van der Waals surface area contributed by atoms with Crippen LogP contribution in [0.2, 0.25) is 0 Å². The van der Waals surface area contributed by atoms with Crippen LogP contribution in [-0.2, 0) is 14.3 Å². The molecule has 0 unspecified atom stereocenters. The van der Waals surface area contributed by atoms with Crippen LogP contribution in [0.3, 0.4) is 0 Å². The summed E-state index contributed by atoms with van der Waals surface area (Å²) in [5, 5.41) is 15.2. The van der Waals surface area contributed by atoms with Crippen molar-refractivity contribution in [1.82, 2.24) is 15.2 Å². The molecule has 250 valence electrons. The van der Waals surface area contributed by atoms with Crippen molar-refractivity contribution in [2.75, 3.05) is 37.7 Å². The molecule has 3 atom stereocenters. The highest BCUT2D eigenvalue weighted by atomic mass is 32.1. The third-order valence-corrected chi connectivity index (χ3v) is 10.5. The molecule has 1 saturated carbocycles. The van der Waals surface area contributed by atoms with Crippen LogP contribution in [0.1, 0.15) is 70.2 Å². The third kappa shape index (κ3) is 5.68. The average Bonchev–Trinajstić information content (AvgIpc) is 3.70. The van der Waals surface area contributed by atoms with Crippen molar-refractivity contribution < 1.29 is 33.0 Å². The molecule has 2 aromatic carbocycles. The van der Waals surface area contributed by atoms with E-state index in [4.69, 9.17) is 9.73 Å². The highest BCUT2D eigenvalue weighted by molar-refractivity contribution is 7.11. The van der Waals surface area contributed by atoms with Crippen molar-refractivity contribution in [3.63, 3.8) is 0 Å². The third-order valence-electron chi connectivity index (χ3n) is 9.75. The van der Waals surface area contributed by atoms with Crippen LogP contribution in [-0.4, -0.2) is 77.1 Å². The number of hydrogen-bond donors (Lipinski definition) is 2. The van der Waals surface area contributed by atoms with Gasteiger partial charge < -0.3 is 20.1 Å². The average molecular weight is 676 g/mol. The molecule has 0 bridgehead atoms. The summed E-state index contributed by atoms with van der Waals surface area (Å²) in [6.45, 7) is 4.30. The Balaban J connectivity index is 1.21. The Morgan fingerprint density at radius 2 is 2.00 bits per heavy atom. The molecular weight excluding hydrogens is 640 g/mol. The number of nitrogens with zero attached hydrogens (tertiary/aromatic N) is 4. The Morgan fingerprint density at radius 3 is 2.71 bits per heavy atom. The maximum Gasteiger partial charge on any atom is 0.338 e. The number of esters is 1. The number of carbonyl (C=O) groups excluding carboxylic acids is 2. The molecule has 48 heavy (non-hydrogen) atoms. The molecule has 1 aromatic heterocycles. The Bertz CT molecular complexity index is 1860. The first-order valence-electron chi connectivity index (χ1n) is 16.1. The van der Waals surface area contributed by atoms with Gasteiger partial charge in [0.25, 0.3) is 5.91 Å². The van der Waals surface area contributed by atoms with E-state index in [-0.39, 0.29) is 56.3 Å². The lowest BCUT2D eigenvalue weighted by Gasteiger charge is -2.38. The number of halogens is 2. The summed E-state index contributed by atoms with van der Waals surface area (Å²) in [6.07, 6.45) is 3.39. The standard InChI is InChI=1S/C35H35F2N5O5S/c1-3-47-33(45)28-26(39-30(31-38-12-14-48-31)40-29(28)23-5-4-6-25(36)19(23)2)18-41-13-11-35(37)22(16-41)17-42(34(35)46)27-10-9-21(32(43)44)15-24(27)20-7-8-20/h4-6,9-10,12,14-15,20,22,29H,3,7-8,11,13,16-18H2,1-2H3,(H,39,40)(H,43,44)/t22-,29-,35+/m0/s1. The summed E-state index contributed by atoms with van der Waals surface area (Å²) in [5.41, 5.74) is 1.02. The number of carbonyl (C=O) groups is 3. The number of aliphatic imine (C=N–C) groups is 1. The first-order valence-corrected chi connectivity index (χ1v) is 17.0. The number of carboxylic acid groups (broad SMARTS) is 1. The van der Waals surface area contributed by atoms with E-state index in [1.165, 1.54) is 28.4 Å². The van der Waals surface area contributed by atoms with Gasteiger partial charge in [0, 0.05) is 61.5 Å². The number of nitrogens with one attached hydrogen (secondary N) is 1. The zero-order chi connectivity index (χ0) is 33.7. The van der Waals surface area contributed by atoms with E-state index < -0.39 is 41.3 Å². The number of amidine groups is 1. The van der Waals surface area contributed by atoms with Crippen molar-refractivity contribution in [2.45, 2.75) is 50.7 Å². The molecule has 4 heterocycles. The molecule has 0 radical (unpaired) electrons. The molecule has 2 saturated heterocycles. The molecule has 7 rings (SSSR count). The quantitative estimate of drug-likeness (QED) is 0.299. The summed E-state index contributed by atoms with van der Waals surface area (Å²) in [7, 11) is 0. The van der Waals surface area contributed by atoms with E-state index in [1.807, 2.05) is 10.3 Å². The molecule has 1 amide bonds. The second kappa shape index (κ2) is 12.5. The first-order chi connectivity index (χ1) is 23.1. The van der Waals surface area contributed by atoms with Crippen molar-refractivity contribution >= 4 is 40.7 Å². The number of thiazole rings is 1. The van der Waals surface area contributed by atoms with Gasteiger partial charge in [0.2, 0.25) is 0 Å². The van der Waals surface area contributed by atoms with Crippen LogP contribution >= 0.6 is 11.3 Å². The number of ether oxygens (including phenoxy) is 1. The van der Waals surface area contributed by atoms with Crippen molar-refractivity contribution in [1.29, 1.82) is 0 Å². The smallest absolute Gasteiger partial charge is 0.338 e. The van der Waals surface area contributed by atoms with Gasteiger partial charge in [-0.15, -0.1) is 11.3 Å². The maximum absolute atomic E-state index is 16.6. The summed E-state index contributed by atoms with van der Waals surface area (Å²) in [6, 6.07) is 8.51. The van der Waals surface area contributed by atoms with Crippen LogP contribution < -0.4 is 10.2 Å². The molecule has 1 aliphatic carbocycles. The van der Waals surface area contributed by atoms with E-state index in [2.05, 4.69) is 10.3 Å². The maximum atomic E-state index is 16.6. The van der Waals surface area contributed by atoms with Gasteiger partial charge in [-0.2, -0.15) is 0 Å². The Kier molecular flexibility index (Phi) is 8.36. The number of anilines is 1. The number of aromatic nitrogens is 1. The first kappa shape index (κ1) is 32.1. The van der Waals surface area contributed by atoms with E-state index in [1.54, 1.807) is 44.3 Å². The SMILES string of the molecule is CCOC(=O)C1=C(CN2CC[C@]3(F)C(=O)N(c4ccc(C(=O)O)cc4C4CC4)C[C@@H]3C2)NC(c2nccs2)=N[C@H]1c1cccc(F)c1C. The monoisotopic (exact) mass is 675 g/mol. The second-order valence-corrected chi connectivity index (χ2v) is 13.6. The molecule has 4 aliphatic rings. The topological polar surface area (TPSA) is 124 Å². The lowest BCUT2D eigenvalue weighted by molar-refractivity contribution is -0.139. The van der Waals surface area contributed by atoms with Crippen LogP contribution in [0, 0.1) is 18.7 Å². The fraction of sp³-hybridized carbons (Fsp3) is 0.400. The van der Waals surface area contributed by atoms with E-state index in [0.717, 1.165) is 18.4 Å². The summed E-state index contributed by atoms with van der Waals surface area (Å²) >= 11 is 1.37. The molecule has 0 spiro atoms. The predicted molar refractivity (Wildman–Crippen MR) is 175 cm³/mol. The number of piperidine rings is 1. The molecule has 3 aliphatic heterocycles. The summed E-state index contributed by atoms with van der Waals surface area (Å²) < 4.78 is 36.9. The molecule has 3 fully saturated rings. The predicted octanol–water partition coefficient (Wildman–Crippen LogP) is 5.15. The number of likely N-dealkylation sites (tertiary alicyclic amines) is 1. The van der Waals surface area contributed by atoms with Crippen LogP contribution in [0.5, 0.6) is 0 Å². The largest absolute Gasteiger partial charge is 0.478 e. The normalized spacial score (nSPS) is 24.3. The molecule has 3 aromatic rings. The van der Waals surface area contributed by atoms with E-state index in [0.29, 0.717) is 33.4 Å². The number of alkyl halides is 1. The minimum absolute atomic E-state index is 0.0408. The van der Waals surface area contributed by atoms with Gasteiger partial charge in [-0.05, 0) is 73.6 Å². The lowest BCUT2D eigenvalue weighted by atomic mass is 9.84. The van der Waals surface area contributed by atoms with Crippen molar-refractivity contribution in [3.05, 3.63) is 92.3 Å². The number of amides is 1. The highest BCUT2D eigenvalue weighted by Gasteiger charge is 2.58. The zero-order valence-electron chi connectivity index (χ0n) is 26.5. The molecular formula is C35H35F2N5O5S.